The zero-order valence-electron chi connectivity index (χ0n) is 10.5. The first-order valence-electron chi connectivity index (χ1n) is 6.15. The van der Waals surface area contributed by atoms with Gasteiger partial charge in [-0.1, -0.05) is 12.8 Å². The molecule has 0 saturated heterocycles. The first-order chi connectivity index (χ1) is 8.12. The van der Waals surface area contributed by atoms with E-state index in [0.717, 1.165) is 16.8 Å². The van der Waals surface area contributed by atoms with Crippen LogP contribution in [-0.4, -0.2) is 36.1 Å². The number of likely N-dealkylation sites (N-methyl/N-ethyl adjacent to an activating group) is 1. The van der Waals surface area contributed by atoms with E-state index in [9.17, 15) is 0 Å². The summed E-state index contributed by atoms with van der Waals surface area (Å²) >= 11 is 3.40. The molecular weight excluding hydrogens is 278 g/mol. The van der Waals surface area contributed by atoms with Crippen LogP contribution < -0.4 is 5.32 Å². The number of hydrogen-bond donors (Lipinski definition) is 1. The molecule has 1 aromatic rings. The summed E-state index contributed by atoms with van der Waals surface area (Å²) in [6.07, 6.45) is 7.08. The number of nitrogens with zero attached hydrogens (tertiary/aromatic N) is 2. The number of pyridine rings is 1. The largest absolute Gasteiger partial charge is 0.368 e. The summed E-state index contributed by atoms with van der Waals surface area (Å²) in [5.41, 5.74) is 0.314. The Morgan fingerprint density at radius 3 is 2.59 bits per heavy atom. The average molecular weight is 298 g/mol. The monoisotopic (exact) mass is 297 g/mol. The van der Waals surface area contributed by atoms with Crippen LogP contribution in [0.5, 0.6) is 0 Å². The molecule has 0 aliphatic heterocycles. The van der Waals surface area contributed by atoms with Crippen molar-refractivity contribution in [3.63, 3.8) is 0 Å². The van der Waals surface area contributed by atoms with Gasteiger partial charge in [0.25, 0.3) is 0 Å². The van der Waals surface area contributed by atoms with Gasteiger partial charge < -0.3 is 10.2 Å². The van der Waals surface area contributed by atoms with Crippen molar-refractivity contribution in [3.05, 3.63) is 22.8 Å². The van der Waals surface area contributed by atoms with Crippen molar-refractivity contribution in [2.24, 2.45) is 0 Å². The van der Waals surface area contributed by atoms with Crippen molar-refractivity contribution >= 4 is 21.7 Å². The van der Waals surface area contributed by atoms with Crippen LogP contribution in [0.1, 0.15) is 25.7 Å². The van der Waals surface area contributed by atoms with Crippen molar-refractivity contribution in [3.8, 4) is 0 Å². The lowest BCUT2D eigenvalue weighted by Gasteiger charge is -2.36. The van der Waals surface area contributed by atoms with Gasteiger partial charge in [0.05, 0.1) is 0 Å². The lowest BCUT2D eigenvalue weighted by atomic mass is 9.96. The summed E-state index contributed by atoms with van der Waals surface area (Å²) in [5, 5.41) is 3.46. The van der Waals surface area contributed by atoms with E-state index >= 15 is 0 Å². The molecule has 0 radical (unpaired) electrons. The molecule has 94 valence electrons. The van der Waals surface area contributed by atoms with Gasteiger partial charge in [-0.25, -0.2) is 4.98 Å². The number of hydrogen-bond acceptors (Lipinski definition) is 3. The molecular formula is C13H20BrN3. The maximum atomic E-state index is 4.35. The molecule has 1 aliphatic carbocycles. The first kappa shape index (κ1) is 12.8. The number of anilines is 1. The topological polar surface area (TPSA) is 28.2 Å². The normalized spacial score (nSPS) is 18.6. The highest BCUT2D eigenvalue weighted by atomic mass is 79.9. The fraction of sp³-hybridized carbons (Fsp3) is 0.615. The Morgan fingerprint density at radius 1 is 1.35 bits per heavy atom. The third-order valence-corrected chi connectivity index (χ3v) is 4.28. The summed E-state index contributed by atoms with van der Waals surface area (Å²) < 4.78 is 1.02. The fourth-order valence-electron chi connectivity index (χ4n) is 2.55. The summed E-state index contributed by atoms with van der Waals surface area (Å²) in [5.74, 6) is 0.960. The Hall–Kier alpha value is -0.610. The van der Waals surface area contributed by atoms with E-state index in [1.165, 1.54) is 25.7 Å². The molecule has 0 spiro atoms. The smallest absolute Gasteiger partial charge is 0.126 e. The molecule has 0 amide bonds. The van der Waals surface area contributed by atoms with Crippen molar-refractivity contribution in [2.75, 3.05) is 26.0 Å². The van der Waals surface area contributed by atoms with Crippen molar-refractivity contribution < 1.29 is 0 Å². The molecule has 0 unspecified atom stereocenters. The molecule has 2 rings (SSSR count). The van der Waals surface area contributed by atoms with E-state index in [2.05, 4.69) is 45.2 Å². The van der Waals surface area contributed by atoms with Crippen LogP contribution in [0.4, 0.5) is 5.82 Å². The summed E-state index contributed by atoms with van der Waals surface area (Å²) in [7, 11) is 4.37. The first-order valence-corrected chi connectivity index (χ1v) is 6.95. The lowest BCUT2D eigenvalue weighted by molar-refractivity contribution is 0.172. The highest BCUT2D eigenvalue weighted by molar-refractivity contribution is 9.10. The van der Waals surface area contributed by atoms with Crippen LogP contribution in [0.15, 0.2) is 22.8 Å². The van der Waals surface area contributed by atoms with Gasteiger partial charge in [0.1, 0.15) is 5.82 Å². The number of rotatable bonds is 4. The second-order valence-corrected chi connectivity index (χ2v) is 5.96. The van der Waals surface area contributed by atoms with E-state index in [4.69, 9.17) is 0 Å². The molecule has 0 bridgehead atoms. The van der Waals surface area contributed by atoms with Crippen molar-refractivity contribution in [1.82, 2.24) is 9.88 Å². The molecule has 1 aromatic heterocycles. The summed E-state index contributed by atoms with van der Waals surface area (Å²) in [6.45, 7) is 0.981. The van der Waals surface area contributed by atoms with Crippen molar-refractivity contribution in [2.45, 2.75) is 31.2 Å². The fourth-order valence-corrected chi connectivity index (χ4v) is 2.79. The molecule has 1 fully saturated rings. The number of nitrogens with one attached hydrogen (secondary N) is 1. The van der Waals surface area contributed by atoms with E-state index in [0.29, 0.717) is 5.54 Å². The van der Waals surface area contributed by atoms with Crippen LogP contribution in [0, 0.1) is 0 Å². The Bertz CT molecular complexity index is 355. The van der Waals surface area contributed by atoms with E-state index < -0.39 is 0 Å². The van der Waals surface area contributed by atoms with Gasteiger partial charge in [0.2, 0.25) is 0 Å². The zero-order chi connectivity index (χ0) is 12.3. The van der Waals surface area contributed by atoms with Gasteiger partial charge in [-0.2, -0.15) is 0 Å². The molecule has 1 N–H and O–H groups in total. The Labute approximate surface area is 112 Å². The Morgan fingerprint density at radius 2 is 2.06 bits per heavy atom. The van der Waals surface area contributed by atoms with Crippen molar-refractivity contribution in [1.29, 1.82) is 0 Å². The quantitative estimate of drug-likeness (QED) is 0.925. The van der Waals surface area contributed by atoms with Gasteiger partial charge in [0, 0.05) is 22.8 Å². The molecule has 1 saturated carbocycles. The second-order valence-electron chi connectivity index (χ2n) is 5.04. The van der Waals surface area contributed by atoms with Crippen LogP contribution in [0.3, 0.4) is 0 Å². The third-order valence-electron chi connectivity index (χ3n) is 3.81. The van der Waals surface area contributed by atoms with Gasteiger partial charge in [-0.15, -0.1) is 0 Å². The van der Waals surface area contributed by atoms with Crippen LogP contribution in [0.25, 0.3) is 0 Å². The molecule has 1 heterocycles. The van der Waals surface area contributed by atoms with E-state index in [-0.39, 0.29) is 0 Å². The minimum Gasteiger partial charge on any atom is -0.368 e. The molecule has 3 nitrogen and oxygen atoms in total. The molecule has 17 heavy (non-hydrogen) atoms. The van der Waals surface area contributed by atoms with E-state index in [1.807, 2.05) is 18.3 Å². The van der Waals surface area contributed by atoms with Gasteiger partial charge in [-0.05, 0) is 55.0 Å². The predicted molar refractivity (Wildman–Crippen MR) is 75.3 cm³/mol. The standard InChI is InChI=1S/C13H20BrN3/c1-17(2)13(7-3-4-8-13)10-16-12-6-5-11(14)9-15-12/h5-6,9H,3-4,7-8,10H2,1-2H3,(H,15,16). The zero-order valence-corrected chi connectivity index (χ0v) is 12.1. The maximum absolute atomic E-state index is 4.35. The summed E-state index contributed by atoms with van der Waals surface area (Å²) in [4.78, 5) is 6.72. The third kappa shape index (κ3) is 2.99. The van der Waals surface area contributed by atoms with Gasteiger partial charge in [0.15, 0.2) is 0 Å². The number of halogens is 1. The molecule has 4 heteroatoms. The number of aromatic nitrogens is 1. The summed E-state index contributed by atoms with van der Waals surface area (Å²) in [6, 6.07) is 4.04. The van der Waals surface area contributed by atoms with Crippen LogP contribution in [0.2, 0.25) is 0 Å². The minimum atomic E-state index is 0.314. The van der Waals surface area contributed by atoms with E-state index in [1.54, 1.807) is 0 Å². The molecule has 1 aliphatic rings. The Balaban J connectivity index is 1.98. The second kappa shape index (κ2) is 5.36. The van der Waals surface area contributed by atoms with Gasteiger partial charge >= 0.3 is 0 Å². The lowest BCUT2D eigenvalue weighted by Crippen LogP contribution is -2.47. The minimum absolute atomic E-state index is 0.314. The maximum Gasteiger partial charge on any atom is 0.126 e. The highest BCUT2D eigenvalue weighted by Crippen LogP contribution is 2.33. The molecule has 0 aromatic carbocycles. The predicted octanol–water partition coefficient (Wildman–Crippen LogP) is 3.13. The average Bonchev–Trinajstić information content (AvgIpc) is 2.78. The highest BCUT2D eigenvalue weighted by Gasteiger charge is 2.35. The van der Waals surface area contributed by atoms with Gasteiger partial charge in [-0.3, -0.25) is 0 Å². The molecule has 0 atom stereocenters. The van der Waals surface area contributed by atoms with Crippen LogP contribution in [-0.2, 0) is 0 Å². The Kier molecular flexibility index (Phi) is 4.05. The SMILES string of the molecule is CN(C)C1(CNc2ccc(Br)cn2)CCCC1. The van der Waals surface area contributed by atoms with Crippen LogP contribution >= 0.6 is 15.9 Å².